The number of carboxylic acids is 1. The van der Waals surface area contributed by atoms with Crippen molar-refractivity contribution in [1.29, 1.82) is 0 Å². The third kappa shape index (κ3) is 3.04. The third-order valence-electron chi connectivity index (χ3n) is 1.96. The maximum absolute atomic E-state index is 10.8. The quantitative estimate of drug-likeness (QED) is 0.673. The molecule has 3 N–H and O–H groups in total. The molecule has 1 amide bonds. The molecule has 1 rings (SSSR count). The molecule has 1 unspecified atom stereocenters. The predicted octanol–water partition coefficient (Wildman–Crippen LogP) is -0.658. The van der Waals surface area contributed by atoms with Crippen LogP contribution in [0.2, 0.25) is 0 Å². The van der Waals surface area contributed by atoms with Gasteiger partial charge >= 0.3 is 5.97 Å². The Labute approximate surface area is 85.9 Å². The first kappa shape index (κ1) is 11.2. The summed E-state index contributed by atoms with van der Waals surface area (Å²) in [5, 5.41) is 15.9. The van der Waals surface area contributed by atoms with Crippen LogP contribution in [0.3, 0.4) is 0 Å². The molecule has 0 radical (unpaired) electrons. The van der Waals surface area contributed by atoms with Gasteiger partial charge in [-0.1, -0.05) is 5.21 Å². The SMILES string of the molecule is CC(C(N)=O)n1cc(CCC(=O)O)nn1. The second-order valence-corrected chi connectivity index (χ2v) is 3.16. The van der Waals surface area contributed by atoms with Crippen LogP contribution < -0.4 is 5.73 Å². The largest absolute Gasteiger partial charge is 0.481 e. The molecule has 0 aliphatic carbocycles. The number of nitrogens with zero attached hydrogens (tertiary/aromatic N) is 3. The molecule has 7 nitrogen and oxygen atoms in total. The fourth-order valence-corrected chi connectivity index (χ4v) is 0.983. The summed E-state index contributed by atoms with van der Waals surface area (Å²) in [6, 6.07) is -0.573. The van der Waals surface area contributed by atoms with Gasteiger partial charge in [-0.05, 0) is 6.92 Å². The fraction of sp³-hybridized carbons (Fsp3) is 0.500. The van der Waals surface area contributed by atoms with Crippen molar-refractivity contribution in [3.8, 4) is 0 Å². The Morgan fingerprint density at radius 2 is 2.33 bits per heavy atom. The molecule has 1 aromatic heterocycles. The molecule has 0 saturated carbocycles. The molecule has 1 aromatic rings. The van der Waals surface area contributed by atoms with E-state index in [-0.39, 0.29) is 6.42 Å². The van der Waals surface area contributed by atoms with Crippen LogP contribution in [-0.4, -0.2) is 32.0 Å². The van der Waals surface area contributed by atoms with Gasteiger partial charge in [-0.3, -0.25) is 9.59 Å². The van der Waals surface area contributed by atoms with Gasteiger partial charge < -0.3 is 10.8 Å². The standard InChI is InChI=1S/C8H12N4O3/c1-5(8(9)15)12-4-6(10-11-12)2-3-7(13)14/h4-5H,2-3H2,1H3,(H2,9,15)(H,13,14). The summed E-state index contributed by atoms with van der Waals surface area (Å²) in [7, 11) is 0. The van der Waals surface area contributed by atoms with Crippen molar-refractivity contribution >= 4 is 11.9 Å². The topological polar surface area (TPSA) is 111 Å². The smallest absolute Gasteiger partial charge is 0.303 e. The van der Waals surface area contributed by atoms with E-state index < -0.39 is 17.9 Å². The third-order valence-corrected chi connectivity index (χ3v) is 1.96. The van der Waals surface area contributed by atoms with E-state index in [4.69, 9.17) is 10.8 Å². The number of hydrogen-bond acceptors (Lipinski definition) is 4. The van der Waals surface area contributed by atoms with Crippen LogP contribution in [0.5, 0.6) is 0 Å². The maximum atomic E-state index is 10.8. The van der Waals surface area contributed by atoms with Gasteiger partial charge in [0.05, 0.1) is 12.1 Å². The van der Waals surface area contributed by atoms with Crippen molar-refractivity contribution in [2.75, 3.05) is 0 Å². The number of carbonyl (C=O) groups excluding carboxylic acids is 1. The average molecular weight is 212 g/mol. The number of carboxylic acid groups (broad SMARTS) is 1. The number of carbonyl (C=O) groups is 2. The first-order valence-electron chi connectivity index (χ1n) is 4.42. The molecule has 0 fully saturated rings. The van der Waals surface area contributed by atoms with Gasteiger partial charge in [-0.25, -0.2) is 4.68 Å². The van der Waals surface area contributed by atoms with Crippen molar-refractivity contribution in [3.05, 3.63) is 11.9 Å². The van der Waals surface area contributed by atoms with Crippen LogP contribution in [0.1, 0.15) is 25.1 Å². The van der Waals surface area contributed by atoms with E-state index in [0.717, 1.165) is 0 Å². The predicted molar refractivity (Wildman–Crippen MR) is 49.9 cm³/mol. The second-order valence-electron chi connectivity index (χ2n) is 3.16. The van der Waals surface area contributed by atoms with Gasteiger partial charge in [-0.15, -0.1) is 5.10 Å². The number of rotatable bonds is 5. The van der Waals surface area contributed by atoms with Gasteiger partial charge in [0.15, 0.2) is 0 Å². The van der Waals surface area contributed by atoms with E-state index in [1.54, 1.807) is 6.92 Å². The average Bonchev–Trinajstić information content (AvgIpc) is 2.61. The molecule has 0 aromatic carbocycles. The van der Waals surface area contributed by atoms with Crippen LogP contribution in [0.4, 0.5) is 0 Å². The summed E-state index contributed by atoms with van der Waals surface area (Å²) in [4.78, 5) is 21.1. The van der Waals surface area contributed by atoms with E-state index in [0.29, 0.717) is 12.1 Å². The number of amides is 1. The minimum Gasteiger partial charge on any atom is -0.481 e. The monoisotopic (exact) mass is 212 g/mol. The van der Waals surface area contributed by atoms with Crippen LogP contribution in [0, 0.1) is 0 Å². The van der Waals surface area contributed by atoms with Crippen LogP contribution in [-0.2, 0) is 16.0 Å². The number of aliphatic carboxylic acids is 1. The van der Waals surface area contributed by atoms with Gasteiger partial charge in [0.2, 0.25) is 5.91 Å². The van der Waals surface area contributed by atoms with Crippen LogP contribution >= 0.6 is 0 Å². The molecule has 0 saturated heterocycles. The van der Waals surface area contributed by atoms with Crippen molar-refractivity contribution in [2.45, 2.75) is 25.8 Å². The number of aromatic nitrogens is 3. The fourth-order valence-electron chi connectivity index (χ4n) is 0.983. The lowest BCUT2D eigenvalue weighted by molar-refractivity contribution is -0.137. The minimum atomic E-state index is -0.896. The highest BCUT2D eigenvalue weighted by atomic mass is 16.4. The van der Waals surface area contributed by atoms with E-state index in [2.05, 4.69) is 10.3 Å². The molecule has 82 valence electrons. The Balaban J connectivity index is 2.63. The molecule has 1 atom stereocenters. The zero-order valence-electron chi connectivity index (χ0n) is 8.25. The maximum Gasteiger partial charge on any atom is 0.303 e. The molecular formula is C8H12N4O3. The molecule has 1 heterocycles. The highest BCUT2D eigenvalue weighted by molar-refractivity contribution is 5.77. The molecular weight excluding hydrogens is 200 g/mol. The summed E-state index contributed by atoms with van der Waals surface area (Å²) in [6.45, 7) is 1.60. The molecule has 0 aliphatic heterocycles. The van der Waals surface area contributed by atoms with Crippen molar-refractivity contribution in [3.63, 3.8) is 0 Å². The van der Waals surface area contributed by atoms with E-state index in [9.17, 15) is 9.59 Å². The highest BCUT2D eigenvalue weighted by Crippen LogP contribution is 2.05. The van der Waals surface area contributed by atoms with Gasteiger partial charge in [-0.2, -0.15) is 0 Å². The lowest BCUT2D eigenvalue weighted by Crippen LogP contribution is -2.24. The van der Waals surface area contributed by atoms with Crippen molar-refractivity contribution in [2.24, 2.45) is 5.73 Å². The van der Waals surface area contributed by atoms with Crippen molar-refractivity contribution in [1.82, 2.24) is 15.0 Å². The number of nitrogens with two attached hydrogens (primary N) is 1. The zero-order valence-corrected chi connectivity index (χ0v) is 8.25. The number of hydrogen-bond donors (Lipinski definition) is 2. The molecule has 15 heavy (non-hydrogen) atoms. The van der Waals surface area contributed by atoms with E-state index >= 15 is 0 Å². The second kappa shape index (κ2) is 4.54. The Kier molecular flexibility index (Phi) is 3.37. The Hall–Kier alpha value is -1.92. The van der Waals surface area contributed by atoms with Crippen LogP contribution in [0.15, 0.2) is 6.20 Å². The molecule has 0 spiro atoms. The Morgan fingerprint density at radius 3 is 2.87 bits per heavy atom. The van der Waals surface area contributed by atoms with Gasteiger partial charge in [0, 0.05) is 12.6 Å². The molecule has 0 aliphatic rings. The lowest BCUT2D eigenvalue weighted by atomic mass is 10.2. The first-order chi connectivity index (χ1) is 7.00. The summed E-state index contributed by atoms with van der Waals surface area (Å²) in [6.07, 6.45) is 1.81. The number of aryl methyl sites for hydroxylation is 1. The Bertz CT molecular complexity index is 374. The van der Waals surface area contributed by atoms with E-state index in [1.807, 2.05) is 0 Å². The summed E-state index contributed by atoms with van der Waals surface area (Å²) < 4.78 is 1.32. The Morgan fingerprint density at radius 1 is 1.67 bits per heavy atom. The summed E-state index contributed by atoms with van der Waals surface area (Å²) in [5.74, 6) is -1.41. The molecule has 7 heteroatoms. The van der Waals surface area contributed by atoms with Crippen LogP contribution in [0.25, 0.3) is 0 Å². The number of primary amides is 1. The van der Waals surface area contributed by atoms with Crippen molar-refractivity contribution < 1.29 is 14.7 Å². The minimum absolute atomic E-state index is 0.0103. The summed E-state index contributed by atoms with van der Waals surface area (Å²) >= 11 is 0. The first-order valence-corrected chi connectivity index (χ1v) is 4.42. The van der Waals surface area contributed by atoms with Gasteiger partial charge in [0.1, 0.15) is 6.04 Å². The zero-order chi connectivity index (χ0) is 11.4. The highest BCUT2D eigenvalue weighted by Gasteiger charge is 2.13. The molecule has 0 bridgehead atoms. The lowest BCUT2D eigenvalue weighted by Gasteiger charge is -2.04. The van der Waals surface area contributed by atoms with E-state index in [1.165, 1.54) is 10.9 Å². The van der Waals surface area contributed by atoms with Gasteiger partial charge in [0.25, 0.3) is 0 Å². The normalized spacial score (nSPS) is 12.3. The summed E-state index contributed by atoms with van der Waals surface area (Å²) in [5.41, 5.74) is 5.61.